The quantitative estimate of drug-likeness (QED) is 0.0249. The van der Waals surface area contributed by atoms with Crippen molar-refractivity contribution in [3.8, 4) is 0 Å². The molecule has 310 valence electrons. The number of hydrogen-bond acceptors (Lipinski definition) is 5. The van der Waals surface area contributed by atoms with Gasteiger partial charge in [0.05, 0.1) is 27.7 Å². The van der Waals surface area contributed by atoms with Crippen molar-refractivity contribution in [2.75, 3.05) is 40.9 Å². The van der Waals surface area contributed by atoms with Gasteiger partial charge >= 0.3 is 7.82 Å². The van der Waals surface area contributed by atoms with Crippen LogP contribution in [-0.4, -0.2) is 72.2 Å². The zero-order chi connectivity index (χ0) is 38.7. The van der Waals surface area contributed by atoms with E-state index in [4.69, 9.17) is 9.05 Å². The lowest BCUT2D eigenvalue weighted by molar-refractivity contribution is -0.870. The SMILES string of the molecule is CCCCCCCC/C=C\CCCCCCCCC(CCCCCCCC/C=C\CCCCCCCC)(OP(=O)(O)OCC[N+](C)(C)C)C(O)CO. The zero-order valence-electron chi connectivity index (χ0n) is 35.2. The van der Waals surface area contributed by atoms with Crippen LogP contribution in [0.2, 0.25) is 0 Å². The largest absolute Gasteiger partial charge is 0.473 e. The smallest absolute Gasteiger partial charge is 0.394 e. The molecule has 0 fully saturated rings. The molecule has 2 unspecified atom stereocenters. The molecular weight excluding hydrogens is 669 g/mol. The third-order valence-electron chi connectivity index (χ3n) is 10.3. The van der Waals surface area contributed by atoms with Crippen molar-refractivity contribution in [2.45, 2.75) is 218 Å². The van der Waals surface area contributed by atoms with Crippen molar-refractivity contribution in [1.82, 2.24) is 0 Å². The lowest BCUT2D eigenvalue weighted by atomic mass is 9.85. The van der Waals surface area contributed by atoms with Gasteiger partial charge in [0.15, 0.2) is 0 Å². The average molecular weight is 759 g/mol. The van der Waals surface area contributed by atoms with Gasteiger partial charge < -0.3 is 19.6 Å². The molecule has 7 nitrogen and oxygen atoms in total. The van der Waals surface area contributed by atoms with Gasteiger partial charge in [0.25, 0.3) is 0 Å². The van der Waals surface area contributed by atoms with Gasteiger partial charge in [-0.2, -0.15) is 0 Å². The van der Waals surface area contributed by atoms with Crippen LogP contribution in [0, 0.1) is 0 Å². The summed E-state index contributed by atoms with van der Waals surface area (Å²) in [4.78, 5) is 10.8. The number of likely N-dealkylation sites (N-methyl/N-ethyl adjacent to an activating group) is 1. The Morgan fingerprint density at radius 2 is 0.904 bits per heavy atom. The van der Waals surface area contributed by atoms with Crippen molar-refractivity contribution in [3.63, 3.8) is 0 Å². The van der Waals surface area contributed by atoms with Gasteiger partial charge in [0, 0.05) is 0 Å². The third kappa shape index (κ3) is 32.9. The minimum Gasteiger partial charge on any atom is -0.394 e. The van der Waals surface area contributed by atoms with Gasteiger partial charge in [-0.3, -0.25) is 9.05 Å². The van der Waals surface area contributed by atoms with E-state index in [1.165, 1.54) is 116 Å². The van der Waals surface area contributed by atoms with Crippen LogP contribution in [0.4, 0.5) is 0 Å². The molecular formula is C44H89NO6P+. The van der Waals surface area contributed by atoms with E-state index in [2.05, 4.69) is 38.2 Å². The van der Waals surface area contributed by atoms with E-state index in [1.54, 1.807) is 0 Å². The molecule has 2 atom stereocenters. The Bertz CT molecular complexity index is 831. The maximum atomic E-state index is 13.2. The number of nitrogens with zero attached hydrogens (tertiary/aromatic N) is 1. The van der Waals surface area contributed by atoms with E-state index < -0.39 is 26.1 Å². The molecule has 0 amide bonds. The van der Waals surface area contributed by atoms with Crippen molar-refractivity contribution in [3.05, 3.63) is 24.3 Å². The van der Waals surface area contributed by atoms with Gasteiger partial charge in [0.2, 0.25) is 0 Å². The number of aliphatic hydroxyl groups excluding tert-OH is 2. The summed E-state index contributed by atoms with van der Waals surface area (Å²) in [6.45, 7) is 4.63. The lowest BCUT2D eigenvalue weighted by Crippen LogP contribution is -2.46. The fourth-order valence-corrected chi connectivity index (χ4v) is 7.94. The second-order valence-corrected chi connectivity index (χ2v) is 17.9. The van der Waals surface area contributed by atoms with Crippen molar-refractivity contribution in [1.29, 1.82) is 0 Å². The molecule has 0 aliphatic rings. The fraction of sp³-hybridized carbons (Fsp3) is 0.909. The topological polar surface area (TPSA) is 96.2 Å². The van der Waals surface area contributed by atoms with Crippen LogP contribution in [-0.2, 0) is 13.6 Å². The number of rotatable bonds is 40. The molecule has 0 aliphatic carbocycles. The summed E-state index contributed by atoms with van der Waals surface area (Å²) < 4.78 is 25.1. The van der Waals surface area contributed by atoms with Crippen molar-refractivity contribution >= 4 is 7.82 Å². The number of hydrogen-bond donors (Lipinski definition) is 3. The molecule has 3 N–H and O–H groups in total. The molecule has 8 heteroatoms. The number of unbranched alkanes of at least 4 members (excludes halogenated alkanes) is 24. The predicted molar refractivity (Wildman–Crippen MR) is 224 cm³/mol. The molecule has 0 bridgehead atoms. The van der Waals surface area contributed by atoms with E-state index in [1.807, 2.05) is 21.1 Å². The molecule has 0 aromatic rings. The fourth-order valence-electron chi connectivity index (χ4n) is 6.81. The number of quaternary nitrogens is 1. The summed E-state index contributed by atoms with van der Waals surface area (Å²) in [7, 11) is 1.54. The number of phosphoric acid groups is 1. The molecule has 0 aromatic carbocycles. The van der Waals surface area contributed by atoms with Gasteiger partial charge in [-0.15, -0.1) is 0 Å². The highest BCUT2D eigenvalue weighted by Crippen LogP contribution is 2.51. The van der Waals surface area contributed by atoms with Gasteiger partial charge in [-0.25, -0.2) is 4.57 Å². The van der Waals surface area contributed by atoms with Gasteiger partial charge in [-0.1, -0.05) is 167 Å². The first-order valence-electron chi connectivity index (χ1n) is 22.1. The van der Waals surface area contributed by atoms with Gasteiger partial charge in [0.1, 0.15) is 24.9 Å². The molecule has 0 saturated heterocycles. The number of aliphatic hydroxyl groups is 2. The summed E-state index contributed by atoms with van der Waals surface area (Å²) in [6, 6.07) is 0. The second kappa shape index (κ2) is 34.9. The van der Waals surface area contributed by atoms with Crippen LogP contribution in [0.15, 0.2) is 24.3 Å². The van der Waals surface area contributed by atoms with E-state index >= 15 is 0 Å². The molecule has 0 heterocycles. The summed E-state index contributed by atoms with van der Waals surface area (Å²) in [5.74, 6) is 0. The van der Waals surface area contributed by atoms with Crippen molar-refractivity contribution < 1.29 is 33.2 Å². The summed E-state index contributed by atoms with van der Waals surface area (Å²) >= 11 is 0. The molecule has 52 heavy (non-hydrogen) atoms. The Kier molecular flexibility index (Phi) is 34.6. The highest BCUT2D eigenvalue weighted by Gasteiger charge is 2.44. The Morgan fingerprint density at radius 1 is 0.577 bits per heavy atom. The maximum absolute atomic E-state index is 13.2. The summed E-state index contributed by atoms with van der Waals surface area (Å²) in [5.41, 5.74) is -1.31. The predicted octanol–water partition coefficient (Wildman–Crippen LogP) is 12.8. The molecule has 0 aliphatic heterocycles. The highest BCUT2D eigenvalue weighted by molar-refractivity contribution is 7.47. The van der Waals surface area contributed by atoms with Crippen LogP contribution < -0.4 is 0 Å². The van der Waals surface area contributed by atoms with Crippen LogP contribution in [0.3, 0.4) is 0 Å². The highest BCUT2D eigenvalue weighted by atomic mass is 31.2. The number of phosphoric ester groups is 1. The Morgan fingerprint density at radius 3 is 1.23 bits per heavy atom. The lowest BCUT2D eigenvalue weighted by Gasteiger charge is -2.38. The maximum Gasteiger partial charge on any atom is 0.473 e. The van der Waals surface area contributed by atoms with E-state index in [-0.39, 0.29) is 6.61 Å². The first-order chi connectivity index (χ1) is 25.0. The Hall–Kier alpha value is -0.530. The molecule has 0 radical (unpaired) electrons. The Labute approximate surface area is 323 Å². The normalized spacial score (nSPS) is 14.5. The number of allylic oxidation sites excluding steroid dienone is 4. The minimum absolute atomic E-state index is 0.0745. The second-order valence-electron chi connectivity index (χ2n) is 16.5. The van der Waals surface area contributed by atoms with Gasteiger partial charge in [-0.05, 0) is 64.2 Å². The zero-order valence-corrected chi connectivity index (χ0v) is 36.1. The van der Waals surface area contributed by atoms with E-state index in [9.17, 15) is 19.7 Å². The third-order valence-corrected chi connectivity index (χ3v) is 11.4. The van der Waals surface area contributed by atoms with Crippen LogP contribution in [0.1, 0.15) is 206 Å². The summed E-state index contributed by atoms with van der Waals surface area (Å²) in [5, 5.41) is 21.1. The van der Waals surface area contributed by atoms with Crippen LogP contribution >= 0.6 is 7.82 Å². The monoisotopic (exact) mass is 759 g/mol. The van der Waals surface area contributed by atoms with Crippen LogP contribution in [0.25, 0.3) is 0 Å². The first kappa shape index (κ1) is 51.5. The molecule has 0 saturated carbocycles. The van der Waals surface area contributed by atoms with Crippen LogP contribution in [0.5, 0.6) is 0 Å². The molecule has 0 spiro atoms. The molecule has 0 aromatic heterocycles. The summed E-state index contributed by atoms with van der Waals surface area (Å²) in [6.07, 6.45) is 42.6. The standard InChI is InChI=1S/C44H88NO6P/c1-6-8-10-12-14-16-18-20-22-24-26-28-30-32-34-36-38-44(43(47)42-46,51-52(48,49)50-41-40-45(3,4)5)39-37-35-33-31-29-27-25-23-21-19-17-15-13-11-9-7-2/h20-23,43,46-47H,6-19,24-42H2,1-5H3/p+1/b22-20-,23-21-. The first-order valence-corrected chi connectivity index (χ1v) is 23.6. The van der Waals surface area contributed by atoms with E-state index in [0.717, 1.165) is 64.2 Å². The average Bonchev–Trinajstić information content (AvgIpc) is 3.09. The minimum atomic E-state index is -4.44. The Balaban J connectivity index is 4.70. The van der Waals surface area contributed by atoms with Crippen molar-refractivity contribution in [2.24, 2.45) is 0 Å². The van der Waals surface area contributed by atoms with E-state index in [0.29, 0.717) is 23.9 Å². The molecule has 0 rings (SSSR count).